The molecule has 0 spiro atoms. The van der Waals surface area contributed by atoms with Crippen LogP contribution in [0.3, 0.4) is 0 Å². The van der Waals surface area contributed by atoms with E-state index in [1.54, 1.807) is 13.8 Å². The van der Waals surface area contributed by atoms with E-state index in [4.69, 9.17) is 11.5 Å². The SMILES string of the molecule is C#CCC(NC(=O)C(C)(C)c1ccccc1)C(=O)O. The number of nitrogens with one attached hydrogen (secondary N) is 1. The Bertz CT molecular complexity index is 500. The van der Waals surface area contributed by atoms with Crippen LogP contribution in [-0.4, -0.2) is 23.0 Å². The summed E-state index contributed by atoms with van der Waals surface area (Å²) in [6.45, 7) is 3.49. The van der Waals surface area contributed by atoms with Crippen molar-refractivity contribution in [2.75, 3.05) is 0 Å². The van der Waals surface area contributed by atoms with Crippen molar-refractivity contribution in [2.45, 2.75) is 31.7 Å². The van der Waals surface area contributed by atoms with Crippen molar-refractivity contribution in [3.05, 3.63) is 35.9 Å². The Morgan fingerprint density at radius 3 is 2.42 bits per heavy atom. The number of amides is 1. The maximum absolute atomic E-state index is 12.2. The topological polar surface area (TPSA) is 66.4 Å². The minimum absolute atomic E-state index is 0.0358. The summed E-state index contributed by atoms with van der Waals surface area (Å²) in [4.78, 5) is 23.2. The summed E-state index contributed by atoms with van der Waals surface area (Å²) < 4.78 is 0. The molecule has 100 valence electrons. The van der Waals surface area contributed by atoms with E-state index in [-0.39, 0.29) is 12.3 Å². The minimum Gasteiger partial charge on any atom is -0.480 e. The third kappa shape index (κ3) is 3.59. The van der Waals surface area contributed by atoms with E-state index in [1.165, 1.54) is 0 Å². The molecule has 1 amide bonds. The van der Waals surface area contributed by atoms with Gasteiger partial charge in [-0.25, -0.2) is 4.79 Å². The monoisotopic (exact) mass is 259 g/mol. The number of carbonyl (C=O) groups excluding carboxylic acids is 1. The third-order valence-electron chi connectivity index (χ3n) is 2.99. The number of terminal acetylenes is 1. The number of benzene rings is 1. The predicted molar refractivity (Wildman–Crippen MR) is 72.5 cm³/mol. The van der Waals surface area contributed by atoms with Gasteiger partial charge in [0.25, 0.3) is 0 Å². The number of carboxylic acid groups (broad SMARTS) is 1. The fraction of sp³-hybridized carbons (Fsp3) is 0.333. The quantitative estimate of drug-likeness (QED) is 0.789. The van der Waals surface area contributed by atoms with Crippen LogP contribution in [0, 0.1) is 12.3 Å². The molecule has 4 heteroatoms. The summed E-state index contributed by atoms with van der Waals surface area (Å²) in [5.74, 6) is 0.761. The Balaban J connectivity index is 2.88. The Morgan fingerprint density at radius 2 is 1.95 bits per heavy atom. The van der Waals surface area contributed by atoms with E-state index < -0.39 is 17.4 Å². The van der Waals surface area contributed by atoms with Gasteiger partial charge in [-0.15, -0.1) is 12.3 Å². The molecule has 0 aliphatic rings. The molecule has 0 aliphatic heterocycles. The molecular formula is C15H17NO3. The lowest BCUT2D eigenvalue weighted by Crippen LogP contribution is -2.48. The van der Waals surface area contributed by atoms with E-state index in [0.717, 1.165) is 5.56 Å². The second-order valence-electron chi connectivity index (χ2n) is 4.76. The third-order valence-corrected chi connectivity index (χ3v) is 2.99. The lowest BCUT2D eigenvalue weighted by molar-refractivity contribution is -0.142. The Labute approximate surface area is 112 Å². The normalized spacial score (nSPS) is 12.3. The van der Waals surface area contributed by atoms with E-state index in [2.05, 4.69) is 11.2 Å². The Morgan fingerprint density at radius 1 is 1.37 bits per heavy atom. The molecule has 1 atom stereocenters. The standard InChI is InChI=1S/C15H17NO3/c1-4-8-12(13(17)18)16-14(19)15(2,3)11-9-6-5-7-10-11/h1,5-7,9-10,12H,8H2,2-3H3,(H,16,19)(H,17,18). The van der Waals surface area contributed by atoms with Gasteiger partial charge in [0, 0.05) is 6.42 Å². The van der Waals surface area contributed by atoms with Gasteiger partial charge in [0.1, 0.15) is 6.04 Å². The van der Waals surface area contributed by atoms with Gasteiger partial charge in [-0.2, -0.15) is 0 Å². The van der Waals surface area contributed by atoms with E-state index in [9.17, 15) is 9.59 Å². The average Bonchev–Trinajstić information content (AvgIpc) is 2.38. The molecule has 0 saturated carbocycles. The average molecular weight is 259 g/mol. The molecule has 19 heavy (non-hydrogen) atoms. The summed E-state index contributed by atoms with van der Waals surface area (Å²) >= 11 is 0. The van der Waals surface area contributed by atoms with E-state index in [0.29, 0.717) is 0 Å². The molecule has 1 rings (SSSR count). The molecule has 1 aromatic rings. The number of hydrogen-bond donors (Lipinski definition) is 2. The van der Waals surface area contributed by atoms with Crippen LogP contribution in [-0.2, 0) is 15.0 Å². The predicted octanol–water partition coefficient (Wildman–Crippen LogP) is 1.56. The van der Waals surface area contributed by atoms with Crippen molar-refractivity contribution in [1.82, 2.24) is 5.32 Å². The minimum atomic E-state index is -1.13. The molecule has 0 aromatic heterocycles. The highest BCUT2D eigenvalue weighted by molar-refractivity contribution is 5.90. The fourth-order valence-corrected chi connectivity index (χ4v) is 1.64. The van der Waals surface area contributed by atoms with E-state index in [1.807, 2.05) is 30.3 Å². The van der Waals surface area contributed by atoms with Crippen LogP contribution in [0.15, 0.2) is 30.3 Å². The smallest absolute Gasteiger partial charge is 0.327 e. The maximum Gasteiger partial charge on any atom is 0.327 e. The van der Waals surface area contributed by atoms with Crippen molar-refractivity contribution in [2.24, 2.45) is 0 Å². The van der Waals surface area contributed by atoms with Crippen molar-refractivity contribution < 1.29 is 14.7 Å². The first-order valence-corrected chi connectivity index (χ1v) is 5.92. The zero-order valence-corrected chi connectivity index (χ0v) is 11.0. The molecule has 0 fully saturated rings. The van der Waals surface area contributed by atoms with Crippen molar-refractivity contribution in [3.63, 3.8) is 0 Å². The van der Waals surface area contributed by atoms with Crippen LogP contribution < -0.4 is 5.32 Å². The summed E-state index contributed by atoms with van der Waals surface area (Å²) in [5, 5.41) is 11.5. The fourth-order valence-electron chi connectivity index (χ4n) is 1.64. The number of carbonyl (C=O) groups is 2. The lowest BCUT2D eigenvalue weighted by atomic mass is 9.83. The largest absolute Gasteiger partial charge is 0.480 e. The van der Waals surface area contributed by atoms with Gasteiger partial charge in [-0.3, -0.25) is 4.79 Å². The Hall–Kier alpha value is -2.28. The van der Waals surface area contributed by atoms with Crippen molar-refractivity contribution in [1.29, 1.82) is 0 Å². The summed E-state index contributed by atoms with van der Waals surface area (Å²) in [5.41, 5.74) is 0.00107. The van der Waals surface area contributed by atoms with E-state index >= 15 is 0 Å². The van der Waals surface area contributed by atoms with Crippen LogP contribution in [0.1, 0.15) is 25.8 Å². The number of aliphatic carboxylic acids is 1. The first-order chi connectivity index (χ1) is 8.89. The van der Waals surface area contributed by atoms with Gasteiger partial charge in [0.15, 0.2) is 0 Å². The molecular weight excluding hydrogens is 242 g/mol. The highest BCUT2D eigenvalue weighted by Gasteiger charge is 2.32. The molecule has 1 aromatic carbocycles. The van der Waals surface area contributed by atoms with Gasteiger partial charge in [0.2, 0.25) is 5.91 Å². The molecule has 1 unspecified atom stereocenters. The second kappa shape index (κ2) is 6.05. The van der Waals surface area contributed by atoms with Crippen LogP contribution in [0.2, 0.25) is 0 Å². The summed E-state index contributed by atoms with van der Waals surface area (Å²) in [6, 6.07) is 8.13. The molecule has 2 N–H and O–H groups in total. The second-order valence-corrected chi connectivity index (χ2v) is 4.76. The summed E-state index contributed by atoms with van der Waals surface area (Å²) in [7, 11) is 0. The highest BCUT2D eigenvalue weighted by atomic mass is 16.4. The zero-order chi connectivity index (χ0) is 14.5. The first kappa shape index (κ1) is 14.8. The van der Waals surface area contributed by atoms with Crippen molar-refractivity contribution >= 4 is 11.9 Å². The molecule has 0 heterocycles. The number of rotatable bonds is 5. The van der Waals surface area contributed by atoms with Crippen LogP contribution in [0.4, 0.5) is 0 Å². The molecule has 0 saturated heterocycles. The lowest BCUT2D eigenvalue weighted by Gasteiger charge is -2.26. The van der Waals surface area contributed by atoms with Crippen LogP contribution in [0.5, 0.6) is 0 Å². The molecule has 0 aliphatic carbocycles. The highest BCUT2D eigenvalue weighted by Crippen LogP contribution is 2.23. The van der Waals surface area contributed by atoms with Gasteiger partial charge in [-0.1, -0.05) is 30.3 Å². The number of hydrogen-bond acceptors (Lipinski definition) is 2. The molecule has 4 nitrogen and oxygen atoms in total. The zero-order valence-electron chi connectivity index (χ0n) is 11.0. The first-order valence-electron chi connectivity index (χ1n) is 5.92. The van der Waals surface area contributed by atoms with Crippen LogP contribution in [0.25, 0.3) is 0 Å². The van der Waals surface area contributed by atoms with Gasteiger partial charge >= 0.3 is 5.97 Å². The van der Waals surface area contributed by atoms with Gasteiger partial charge in [-0.05, 0) is 19.4 Å². The van der Waals surface area contributed by atoms with Gasteiger partial charge in [0.05, 0.1) is 5.41 Å². The molecule has 0 radical (unpaired) electrons. The van der Waals surface area contributed by atoms with Gasteiger partial charge < -0.3 is 10.4 Å². The Kier molecular flexibility index (Phi) is 4.71. The van der Waals surface area contributed by atoms with Crippen LogP contribution >= 0.6 is 0 Å². The maximum atomic E-state index is 12.2. The van der Waals surface area contributed by atoms with Crippen molar-refractivity contribution in [3.8, 4) is 12.3 Å². The molecule has 0 bridgehead atoms. The number of carboxylic acids is 1. The summed E-state index contributed by atoms with van der Waals surface area (Å²) in [6.07, 6.45) is 5.06.